The predicted molar refractivity (Wildman–Crippen MR) is 44.2 cm³/mol. The van der Waals surface area contributed by atoms with Crippen LogP contribution in [0.2, 0.25) is 0 Å². The molecule has 1 aromatic rings. The van der Waals surface area contributed by atoms with Gasteiger partial charge in [-0.15, -0.1) is 0 Å². The van der Waals surface area contributed by atoms with Gasteiger partial charge in [-0.3, -0.25) is 14.8 Å². The first-order valence-electron chi connectivity index (χ1n) is 3.85. The minimum absolute atomic E-state index is 0.0208. The van der Waals surface area contributed by atoms with Gasteiger partial charge in [-0.25, -0.2) is 0 Å². The van der Waals surface area contributed by atoms with E-state index < -0.39 is 5.97 Å². The topological polar surface area (TPSA) is 83.3 Å². The van der Waals surface area contributed by atoms with Gasteiger partial charge in [0.2, 0.25) is 0 Å². The van der Waals surface area contributed by atoms with Gasteiger partial charge in [0.1, 0.15) is 0 Å². The highest BCUT2D eigenvalue weighted by Gasteiger charge is 2.02. The molecule has 0 unspecified atom stereocenters. The summed E-state index contributed by atoms with van der Waals surface area (Å²) < 4.78 is 0. The van der Waals surface area contributed by atoms with Gasteiger partial charge in [0, 0.05) is 25.4 Å². The van der Waals surface area contributed by atoms with Crippen molar-refractivity contribution in [2.24, 2.45) is 0 Å². The molecular weight excluding hydrogens is 172 g/mol. The summed E-state index contributed by atoms with van der Waals surface area (Å²) in [5.41, 5.74) is 1.09. The van der Waals surface area contributed by atoms with Crippen molar-refractivity contribution < 1.29 is 15.0 Å². The molecule has 13 heavy (non-hydrogen) atoms. The molecule has 5 nitrogen and oxygen atoms in total. The number of hydrogen-bond acceptors (Lipinski definition) is 4. The normalized spacial score (nSPS) is 9.92. The quantitative estimate of drug-likeness (QED) is 0.664. The molecule has 1 rings (SSSR count). The molecule has 0 saturated heterocycles. The second kappa shape index (κ2) is 4.51. The van der Waals surface area contributed by atoms with Gasteiger partial charge < -0.3 is 10.2 Å². The van der Waals surface area contributed by atoms with E-state index in [1.54, 1.807) is 0 Å². The Kier molecular flexibility index (Phi) is 3.33. The standard InChI is InChI=1S/C8H10N2O3/c11-2-1-6-4-10-7(5-9-6)3-8(12)13/h4-5,11H,1-3H2,(H,12,13). The molecule has 1 heterocycles. The molecule has 0 aromatic carbocycles. The Balaban J connectivity index is 2.64. The zero-order valence-electron chi connectivity index (χ0n) is 6.97. The largest absolute Gasteiger partial charge is 0.481 e. The van der Waals surface area contributed by atoms with E-state index in [2.05, 4.69) is 9.97 Å². The van der Waals surface area contributed by atoms with Crippen molar-refractivity contribution in [3.8, 4) is 0 Å². The maximum absolute atomic E-state index is 10.3. The summed E-state index contributed by atoms with van der Waals surface area (Å²) >= 11 is 0. The lowest BCUT2D eigenvalue weighted by atomic mass is 10.3. The van der Waals surface area contributed by atoms with Gasteiger partial charge in [-0.1, -0.05) is 0 Å². The smallest absolute Gasteiger partial charge is 0.309 e. The number of carboxylic acid groups (broad SMARTS) is 1. The molecule has 0 spiro atoms. The van der Waals surface area contributed by atoms with E-state index in [1.807, 2.05) is 0 Å². The molecule has 2 N–H and O–H groups in total. The van der Waals surface area contributed by atoms with Crippen LogP contribution in [0.1, 0.15) is 11.4 Å². The van der Waals surface area contributed by atoms with Gasteiger partial charge in [-0.05, 0) is 0 Å². The summed E-state index contributed by atoms with van der Waals surface area (Å²) in [6.45, 7) is 0.0208. The molecule has 0 atom stereocenters. The summed E-state index contributed by atoms with van der Waals surface area (Å²) in [5, 5.41) is 17.0. The maximum Gasteiger partial charge on any atom is 0.309 e. The van der Waals surface area contributed by atoms with Crippen LogP contribution in [0.15, 0.2) is 12.4 Å². The Labute approximate surface area is 75.1 Å². The third-order valence-electron chi connectivity index (χ3n) is 1.46. The fourth-order valence-electron chi connectivity index (χ4n) is 0.871. The average molecular weight is 182 g/mol. The number of aromatic nitrogens is 2. The van der Waals surface area contributed by atoms with Crippen LogP contribution in [0.4, 0.5) is 0 Å². The van der Waals surface area contributed by atoms with Crippen LogP contribution in [-0.2, 0) is 17.6 Å². The van der Waals surface area contributed by atoms with Crippen LogP contribution in [0.3, 0.4) is 0 Å². The van der Waals surface area contributed by atoms with E-state index in [1.165, 1.54) is 12.4 Å². The summed E-state index contributed by atoms with van der Waals surface area (Å²) in [6, 6.07) is 0. The number of aliphatic carboxylic acids is 1. The Morgan fingerprint density at radius 1 is 1.31 bits per heavy atom. The number of aliphatic hydroxyl groups is 1. The fourth-order valence-corrected chi connectivity index (χ4v) is 0.871. The van der Waals surface area contributed by atoms with Crippen molar-refractivity contribution in [2.45, 2.75) is 12.8 Å². The minimum atomic E-state index is -0.927. The highest BCUT2D eigenvalue weighted by atomic mass is 16.4. The monoisotopic (exact) mass is 182 g/mol. The van der Waals surface area contributed by atoms with Crippen LogP contribution in [0.25, 0.3) is 0 Å². The number of hydrogen-bond donors (Lipinski definition) is 2. The zero-order valence-corrected chi connectivity index (χ0v) is 6.97. The second-order valence-corrected chi connectivity index (χ2v) is 2.54. The number of nitrogens with zero attached hydrogens (tertiary/aromatic N) is 2. The van der Waals surface area contributed by atoms with Crippen molar-refractivity contribution in [1.29, 1.82) is 0 Å². The number of aliphatic hydroxyl groups excluding tert-OH is 1. The van der Waals surface area contributed by atoms with E-state index in [0.717, 1.165) is 0 Å². The van der Waals surface area contributed by atoms with Crippen LogP contribution < -0.4 is 0 Å². The molecule has 5 heteroatoms. The van der Waals surface area contributed by atoms with Crippen molar-refractivity contribution in [1.82, 2.24) is 9.97 Å². The van der Waals surface area contributed by atoms with Crippen LogP contribution in [0.5, 0.6) is 0 Å². The number of carbonyl (C=O) groups is 1. The predicted octanol–water partition coefficient (Wildman–Crippen LogP) is -0.362. The molecule has 0 bridgehead atoms. The highest BCUT2D eigenvalue weighted by molar-refractivity contribution is 5.69. The van der Waals surface area contributed by atoms with Gasteiger partial charge in [0.25, 0.3) is 0 Å². The Morgan fingerprint density at radius 3 is 2.38 bits per heavy atom. The van der Waals surface area contributed by atoms with E-state index in [9.17, 15) is 4.79 Å². The van der Waals surface area contributed by atoms with Crippen molar-refractivity contribution >= 4 is 5.97 Å². The van der Waals surface area contributed by atoms with Gasteiger partial charge in [-0.2, -0.15) is 0 Å². The van der Waals surface area contributed by atoms with E-state index in [-0.39, 0.29) is 13.0 Å². The molecular formula is C8H10N2O3. The lowest BCUT2D eigenvalue weighted by molar-refractivity contribution is -0.136. The molecule has 0 radical (unpaired) electrons. The van der Waals surface area contributed by atoms with Gasteiger partial charge in [0.05, 0.1) is 17.8 Å². The first-order chi connectivity index (χ1) is 6.22. The van der Waals surface area contributed by atoms with E-state index in [4.69, 9.17) is 10.2 Å². The first kappa shape index (κ1) is 9.60. The Bertz CT molecular complexity index is 284. The summed E-state index contributed by atoms with van der Waals surface area (Å²) in [5.74, 6) is -0.927. The number of rotatable bonds is 4. The molecule has 0 saturated carbocycles. The lowest BCUT2D eigenvalue weighted by Gasteiger charge is -1.98. The molecule has 0 aliphatic heterocycles. The van der Waals surface area contributed by atoms with E-state index in [0.29, 0.717) is 17.8 Å². The third kappa shape index (κ3) is 3.16. The molecule has 0 aliphatic carbocycles. The summed E-state index contributed by atoms with van der Waals surface area (Å²) in [4.78, 5) is 18.1. The van der Waals surface area contributed by atoms with E-state index >= 15 is 0 Å². The van der Waals surface area contributed by atoms with Crippen LogP contribution in [0, 0.1) is 0 Å². The zero-order chi connectivity index (χ0) is 9.68. The molecule has 1 aromatic heterocycles. The van der Waals surface area contributed by atoms with Gasteiger partial charge >= 0.3 is 5.97 Å². The Hall–Kier alpha value is -1.49. The lowest BCUT2D eigenvalue weighted by Crippen LogP contribution is -2.04. The van der Waals surface area contributed by atoms with Crippen molar-refractivity contribution in [2.75, 3.05) is 6.61 Å². The number of carboxylic acids is 1. The van der Waals surface area contributed by atoms with Crippen molar-refractivity contribution in [3.63, 3.8) is 0 Å². The maximum atomic E-state index is 10.3. The third-order valence-corrected chi connectivity index (χ3v) is 1.46. The van der Waals surface area contributed by atoms with Gasteiger partial charge in [0.15, 0.2) is 0 Å². The first-order valence-corrected chi connectivity index (χ1v) is 3.85. The Morgan fingerprint density at radius 2 is 1.92 bits per heavy atom. The molecule has 70 valence electrons. The van der Waals surface area contributed by atoms with Crippen LogP contribution >= 0.6 is 0 Å². The SMILES string of the molecule is O=C(O)Cc1cnc(CCO)cn1. The molecule has 0 aliphatic rings. The minimum Gasteiger partial charge on any atom is -0.481 e. The molecule has 0 amide bonds. The summed E-state index contributed by atoms with van der Waals surface area (Å²) in [6.07, 6.45) is 3.22. The average Bonchev–Trinajstić information content (AvgIpc) is 2.08. The van der Waals surface area contributed by atoms with Crippen LogP contribution in [-0.4, -0.2) is 32.8 Å². The molecule has 0 fully saturated rings. The fraction of sp³-hybridized carbons (Fsp3) is 0.375. The highest BCUT2D eigenvalue weighted by Crippen LogP contribution is 1.97. The second-order valence-electron chi connectivity index (χ2n) is 2.54. The van der Waals surface area contributed by atoms with Crippen molar-refractivity contribution in [3.05, 3.63) is 23.8 Å². The summed E-state index contributed by atoms with van der Waals surface area (Å²) in [7, 11) is 0.